The highest BCUT2D eigenvalue weighted by atomic mass is 32.2. The van der Waals surface area contributed by atoms with Crippen LogP contribution < -0.4 is 9.46 Å². The van der Waals surface area contributed by atoms with Gasteiger partial charge in [-0.05, 0) is 18.2 Å². The first-order valence-electron chi connectivity index (χ1n) is 5.08. The highest BCUT2D eigenvalue weighted by Gasteiger charge is 2.25. The van der Waals surface area contributed by atoms with E-state index in [1.54, 1.807) is 25.3 Å². The number of hydrogen-bond donors (Lipinski definition) is 3. The van der Waals surface area contributed by atoms with Crippen LogP contribution in [0.2, 0.25) is 0 Å². The zero-order chi connectivity index (χ0) is 13.1. The van der Waals surface area contributed by atoms with Gasteiger partial charge in [-0.2, -0.15) is 0 Å². The molecule has 0 spiro atoms. The molecule has 0 amide bonds. The Morgan fingerprint density at radius 1 is 1.47 bits per heavy atom. The van der Waals surface area contributed by atoms with E-state index in [2.05, 4.69) is 4.72 Å². The summed E-state index contributed by atoms with van der Waals surface area (Å²) < 4.78 is 26.8. The van der Waals surface area contributed by atoms with Gasteiger partial charge in [-0.25, -0.2) is 8.93 Å². The van der Waals surface area contributed by atoms with Crippen LogP contribution in [0.1, 0.15) is 19.4 Å². The molecule has 3 N–H and O–H groups in total. The van der Waals surface area contributed by atoms with E-state index in [1.165, 1.54) is 0 Å². The molecule has 0 aliphatic rings. The summed E-state index contributed by atoms with van der Waals surface area (Å²) >= 11 is -2.06. The molecule has 1 aromatic carbocycles. The van der Waals surface area contributed by atoms with E-state index in [0.29, 0.717) is 11.3 Å². The van der Waals surface area contributed by atoms with Gasteiger partial charge >= 0.3 is 0 Å². The van der Waals surface area contributed by atoms with E-state index in [4.69, 9.17) is 9.29 Å². The number of aromatic hydroxyl groups is 1. The molecular weight excluding hydrogens is 242 g/mol. The maximum atomic E-state index is 10.6. The van der Waals surface area contributed by atoms with Crippen molar-refractivity contribution in [2.24, 2.45) is 0 Å². The standard InChI is InChI=1S/C11H17NO4S/c1-11(2,7-12-17(14)15)9-6-8(16-3)4-5-10(9)13/h4-6,12-13H,7H2,1-3H3,(H,14,15). The molecule has 0 aliphatic carbocycles. The van der Waals surface area contributed by atoms with Crippen LogP contribution in [0, 0.1) is 0 Å². The van der Waals surface area contributed by atoms with Crippen LogP contribution in [-0.4, -0.2) is 27.5 Å². The SMILES string of the molecule is COc1ccc(O)c(C(C)(C)CNS(=O)O)c1. The normalized spacial score (nSPS) is 13.4. The van der Waals surface area contributed by atoms with Gasteiger partial charge in [0, 0.05) is 17.5 Å². The van der Waals surface area contributed by atoms with E-state index in [9.17, 15) is 9.32 Å². The summed E-state index contributed by atoms with van der Waals surface area (Å²) in [5.41, 5.74) is 0.173. The first kappa shape index (κ1) is 14.0. The largest absolute Gasteiger partial charge is 0.508 e. The lowest BCUT2D eigenvalue weighted by molar-refractivity contribution is 0.401. The minimum Gasteiger partial charge on any atom is -0.508 e. The molecule has 96 valence electrons. The zero-order valence-corrected chi connectivity index (χ0v) is 10.9. The molecule has 0 saturated heterocycles. The summed E-state index contributed by atoms with van der Waals surface area (Å²) in [7, 11) is 1.55. The van der Waals surface area contributed by atoms with Gasteiger partial charge < -0.3 is 9.84 Å². The molecule has 0 saturated carbocycles. The molecule has 0 aromatic heterocycles. The summed E-state index contributed by atoms with van der Waals surface area (Å²) in [5.74, 6) is 0.775. The highest BCUT2D eigenvalue weighted by molar-refractivity contribution is 7.77. The lowest BCUT2D eigenvalue weighted by atomic mass is 9.84. The van der Waals surface area contributed by atoms with Crippen molar-refractivity contribution in [3.8, 4) is 11.5 Å². The summed E-state index contributed by atoms with van der Waals surface area (Å²) in [5, 5.41) is 9.81. The molecule has 0 aliphatic heterocycles. The van der Waals surface area contributed by atoms with Gasteiger partial charge in [-0.1, -0.05) is 13.8 Å². The number of methoxy groups -OCH3 is 1. The number of nitrogens with one attached hydrogen (secondary N) is 1. The molecule has 1 atom stereocenters. The van der Waals surface area contributed by atoms with Crippen molar-refractivity contribution in [2.75, 3.05) is 13.7 Å². The molecule has 1 unspecified atom stereocenters. The van der Waals surface area contributed by atoms with Crippen molar-refractivity contribution in [1.82, 2.24) is 4.72 Å². The maximum Gasteiger partial charge on any atom is 0.231 e. The lowest BCUT2D eigenvalue weighted by Crippen LogP contribution is -2.33. The first-order valence-corrected chi connectivity index (χ1v) is 6.19. The van der Waals surface area contributed by atoms with E-state index < -0.39 is 16.7 Å². The molecule has 0 fully saturated rings. The fourth-order valence-electron chi connectivity index (χ4n) is 1.52. The third-order valence-electron chi connectivity index (χ3n) is 2.57. The zero-order valence-electron chi connectivity index (χ0n) is 10.1. The Morgan fingerprint density at radius 3 is 2.65 bits per heavy atom. The quantitative estimate of drug-likeness (QED) is 0.698. The second-order valence-corrected chi connectivity index (χ2v) is 5.12. The number of phenolic OH excluding ortho intramolecular Hbond substituents is 1. The van der Waals surface area contributed by atoms with Crippen LogP contribution in [0.3, 0.4) is 0 Å². The third kappa shape index (κ3) is 3.69. The number of rotatable bonds is 5. The Hall–Kier alpha value is -1.11. The second kappa shape index (κ2) is 5.48. The summed E-state index contributed by atoms with van der Waals surface area (Å²) in [6, 6.07) is 4.93. The van der Waals surface area contributed by atoms with E-state index >= 15 is 0 Å². The minimum absolute atomic E-state index is 0.140. The van der Waals surface area contributed by atoms with Gasteiger partial charge in [0.2, 0.25) is 11.3 Å². The number of ether oxygens (including phenoxy) is 1. The Morgan fingerprint density at radius 2 is 2.12 bits per heavy atom. The molecule has 17 heavy (non-hydrogen) atoms. The first-order chi connectivity index (χ1) is 7.86. The topological polar surface area (TPSA) is 78.8 Å². The molecule has 6 heteroatoms. The van der Waals surface area contributed by atoms with Crippen LogP contribution in [0.4, 0.5) is 0 Å². The van der Waals surface area contributed by atoms with Gasteiger partial charge in [-0.3, -0.25) is 4.55 Å². The predicted molar refractivity (Wildman–Crippen MR) is 66.5 cm³/mol. The van der Waals surface area contributed by atoms with Crippen molar-refractivity contribution < 1.29 is 18.6 Å². The Bertz CT molecular complexity index is 420. The van der Waals surface area contributed by atoms with Crippen LogP contribution in [0.25, 0.3) is 0 Å². The van der Waals surface area contributed by atoms with Crippen molar-refractivity contribution >= 4 is 11.3 Å². The molecule has 0 heterocycles. The number of hydrogen-bond acceptors (Lipinski definition) is 3. The van der Waals surface area contributed by atoms with E-state index in [0.717, 1.165) is 0 Å². The minimum atomic E-state index is -2.06. The van der Waals surface area contributed by atoms with Crippen molar-refractivity contribution in [3.05, 3.63) is 23.8 Å². The second-order valence-electron chi connectivity index (χ2n) is 4.34. The highest BCUT2D eigenvalue weighted by Crippen LogP contribution is 2.33. The van der Waals surface area contributed by atoms with E-state index in [-0.39, 0.29) is 12.3 Å². The molecule has 1 aromatic rings. The molecular formula is C11H17NO4S. The summed E-state index contributed by atoms with van der Waals surface area (Å²) in [4.78, 5) is 0. The fraction of sp³-hybridized carbons (Fsp3) is 0.455. The van der Waals surface area contributed by atoms with Crippen LogP contribution in [0.15, 0.2) is 18.2 Å². The molecule has 0 radical (unpaired) electrons. The van der Waals surface area contributed by atoms with Crippen LogP contribution in [0.5, 0.6) is 11.5 Å². The van der Waals surface area contributed by atoms with Crippen LogP contribution in [-0.2, 0) is 16.7 Å². The monoisotopic (exact) mass is 259 g/mol. The summed E-state index contributed by atoms with van der Waals surface area (Å²) in [6.45, 7) is 3.99. The molecule has 5 nitrogen and oxygen atoms in total. The average Bonchev–Trinajstić information content (AvgIpc) is 2.27. The lowest BCUT2D eigenvalue weighted by Gasteiger charge is -2.26. The predicted octanol–water partition coefficient (Wildman–Crippen LogP) is 1.40. The van der Waals surface area contributed by atoms with Gasteiger partial charge in [0.15, 0.2) is 0 Å². The van der Waals surface area contributed by atoms with Crippen LogP contribution >= 0.6 is 0 Å². The molecule has 0 bridgehead atoms. The Kier molecular flexibility index (Phi) is 4.50. The smallest absolute Gasteiger partial charge is 0.231 e. The van der Waals surface area contributed by atoms with Gasteiger partial charge in [0.1, 0.15) is 11.5 Å². The maximum absolute atomic E-state index is 10.6. The fourth-order valence-corrected chi connectivity index (χ4v) is 2.01. The Balaban J connectivity index is 2.99. The van der Waals surface area contributed by atoms with Gasteiger partial charge in [0.25, 0.3) is 0 Å². The third-order valence-corrected chi connectivity index (χ3v) is 2.96. The number of benzene rings is 1. The van der Waals surface area contributed by atoms with Crippen molar-refractivity contribution in [2.45, 2.75) is 19.3 Å². The summed E-state index contributed by atoms with van der Waals surface area (Å²) in [6.07, 6.45) is 0. The van der Waals surface area contributed by atoms with Crippen molar-refractivity contribution in [1.29, 1.82) is 0 Å². The van der Waals surface area contributed by atoms with Gasteiger partial charge in [0.05, 0.1) is 7.11 Å². The molecule has 1 rings (SSSR count). The van der Waals surface area contributed by atoms with E-state index in [1.807, 2.05) is 13.8 Å². The Labute approximate surface area is 103 Å². The van der Waals surface area contributed by atoms with Crippen molar-refractivity contribution in [3.63, 3.8) is 0 Å². The average molecular weight is 259 g/mol. The van der Waals surface area contributed by atoms with Gasteiger partial charge in [-0.15, -0.1) is 0 Å². The number of phenols is 1.